The van der Waals surface area contributed by atoms with Crippen LogP contribution in [0.15, 0.2) is 0 Å². The molecule has 2 fully saturated rings. The zero-order valence-corrected chi connectivity index (χ0v) is 11.2. The van der Waals surface area contributed by atoms with E-state index < -0.39 is 11.7 Å². The van der Waals surface area contributed by atoms with Crippen LogP contribution in [0.4, 0.5) is 4.79 Å². The van der Waals surface area contributed by atoms with Crippen LogP contribution in [0.5, 0.6) is 0 Å². The topological polar surface area (TPSA) is 64.6 Å². The molecule has 0 radical (unpaired) electrons. The molecule has 0 spiro atoms. The molecule has 0 saturated heterocycles. The van der Waals surface area contributed by atoms with Crippen LogP contribution in [0, 0.1) is 17.8 Å². The average molecular weight is 255 g/mol. The molecule has 0 aromatic heterocycles. The second-order valence-corrected chi connectivity index (χ2v) is 6.29. The van der Waals surface area contributed by atoms with Crippen LogP contribution in [-0.2, 0) is 14.4 Å². The van der Waals surface area contributed by atoms with Gasteiger partial charge >= 0.3 is 12.1 Å². The first-order chi connectivity index (χ1) is 8.35. The van der Waals surface area contributed by atoms with Gasteiger partial charge in [0, 0.05) is 0 Å². The van der Waals surface area contributed by atoms with E-state index in [0.717, 1.165) is 25.2 Å². The van der Waals surface area contributed by atoms with E-state index in [0.29, 0.717) is 5.92 Å². The summed E-state index contributed by atoms with van der Waals surface area (Å²) in [6.45, 7) is 5.26. The summed E-state index contributed by atoms with van der Waals surface area (Å²) in [5.74, 6) is 1.14. The summed E-state index contributed by atoms with van der Waals surface area (Å²) in [5, 5.41) is 0. The van der Waals surface area contributed by atoms with Crippen molar-refractivity contribution in [2.45, 2.75) is 52.1 Å². The number of ether oxygens (including phenoxy) is 1. The van der Waals surface area contributed by atoms with Gasteiger partial charge in [0.25, 0.3) is 0 Å². The molecule has 0 heterocycles. The quantitative estimate of drug-likeness (QED) is 0.731. The Labute approximate surface area is 107 Å². The van der Waals surface area contributed by atoms with E-state index in [-0.39, 0.29) is 11.9 Å². The van der Waals surface area contributed by atoms with Gasteiger partial charge in [0.2, 0.25) is 0 Å². The van der Waals surface area contributed by atoms with Crippen molar-refractivity contribution in [1.29, 1.82) is 0 Å². The maximum Gasteiger partial charge on any atom is 0.441 e. The molecule has 2 aliphatic rings. The maximum absolute atomic E-state index is 11.7. The van der Waals surface area contributed by atoms with Gasteiger partial charge in [-0.25, -0.2) is 9.59 Å². The van der Waals surface area contributed by atoms with E-state index in [1.165, 1.54) is 6.42 Å². The predicted octanol–water partition coefficient (Wildman–Crippen LogP) is 2.41. The third-order valence-electron chi connectivity index (χ3n) is 3.51. The highest BCUT2D eigenvalue weighted by atomic mass is 16.7. The van der Waals surface area contributed by atoms with Crippen molar-refractivity contribution < 1.29 is 19.2 Å². The molecule has 5 heteroatoms. The molecule has 0 aromatic carbocycles. The van der Waals surface area contributed by atoms with E-state index in [4.69, 9.17) is 9.57 Å². The first-order valence-electron chi connectivity index (χ1n) is 6.55. The lowest BCUT2D eigenvalue weighted by Crippen LogP contribution is -2.36. The molecule has 2 rings (SSSR count). The van der Waals surface area contributed by atoms with Crippen molar-refractivity contribution in [3.05, 3.63) is 0 Å². The Hall–Kier alpha value is -1.26. The van der Waals surface area contributed by atoms with Crippen LogP contribution in [0.25, 0.3) is 0 Å². The van der Waals surface area contributed by atoms with Crippen LogP contribution >= 0.6 is 0 Å². The molecule has 2 saturated carbocycles. The third kappa shape index (κ3) is 3.62. The Morgan fingerprint density at radius 2 is 1.83 bits per heavy atom. The van der Waals surface area contributed by atoms with Gasteiger partial charge in [-0.2, -0.15) is 0 Å². The minimum absolute atomic E-state index is 0.0660. The van der Waals surface area contributed by atoms with Gasteiger partial charge in [0.1, 0.15) is 5.60 Å². The molecule has 0 bridgehead atoms. The Kier molecular flexibility index (Phi) is 3.50. The molecule has 102 valence electrons. The Bertz CT molecular complexity index is 347. The van der Waals surface area contributed by atoms with E-state index in [9.17, 15) is 9.59 Å². The second kappa shape index (κ2) is 4.78. The highest BCUT2D eigenvalue weighted by molar-refractivity contribution is 5.75. The number of hydrogen-bond donors (Lipinski definition) is 1. The number of hydrogen-bond acceptors (Lipinski definition) is 4. The van der Waals surface area contributed by atoms with Gasteiger partial charge in [-0.3, -0.25) is 0 Å². The van der Waals surface area contributed by atoms with E-state index >= 15 is 0 Å². The Morgan fingerprint density at radius 1 is 1.11 bits per heavy atom. The summed E-state index contributed by atoms with van der Waals surface area (Å²) in [5.41, 5.74) is 1.46. The number of carbonyl (C=O) groups excluding carboxylic acids is 2. The van der Waals surface area contributed by atoms with Gasteiger partial charge in [0.15, 0.2) is 0 Å². The fourth-order valence-corrected chi connectivity index (χ4v) is 2.54. The molecule has 5 nitrogen and oxygen atoms in total. The standard InChI is InChI=1S/C13H21NO4/c1-13(2,3)17-12(16)14-18-11(15)9-5-4-8-6-10(8)7-9/h8-10H,4-7H2,1-3H3,(H,14,16). The predicted molar refractivity (Wildman–Crippen MR) is 64.4 cm³/mol. The van der Waals surface area contributed by atoms with Crippen LogP contribution < -0.4 is 5.48 Å². The van der Waals surface area contributed by atoms with Crippen LogP contribution in [0.1, 0.15) is 46.5 Å². The van der Waals surface area contributed by atoms with Crippen molar-refractivity contribution >= 4 is 12.1 Å². The number of fused-ring (bicyclic) bond motifs is 1. The molecule has 2 aliphatic carbocycles. The molecular weight excluding hydrogens is 234 g/mol. The van der Waals surface area contributed by atoms with Crippen molar-refractivity contribution in [1.82, 2.24) is 5.48 Å². The van der Waals surface area contributed by atoms with E-state index in [1.54, 1.807) is 20.8 Å². The summed E-state index contributed by atoms with van der Waals surface area (Å²) < 4.78 is 4.98. The normalized spacial score (nSPS) is 30.1. The highest BCUT2D eigenvalue weighted by Gasteiger charge is 2.44. The lowest BCUT2D eigenvalue weighted by atomic mass is 9.89. The zero-order chi connectivity index (χ0) is 13.3. The minimum atomic E-state index is -0.726. The summed E-state index contributed by atoms with van der Waals surface area (Å²) in [6, 6.07) is 0. The highest BCUT2D eigenvalue weighted by Crippen LogP contribution is 2.51. The zero-order valence-electron chi connectivity index (χ0n) is 11.2. The lowest BCUT2D eigenvalue weighted by molar-refractivity contribution is -0.156. The maximum atomic E-state index is 11.7. The van der Waals surface area contributed by atoms with Gasteiger partial charge in [-0.1, -0.05) is 0 Å². The largest absolute Gasteiger partial charge is 0.442 e. The van der Waals surface area contributed by atoms with E-state index in [2.05, 4.69) is 5.48 Å². The molecule has 0 aromatic rings. The monoisotopic (exact) mass is 255 g/mol. The number of carbonyl (C=O) groups is 2. The smallest absolute Gasteiger partial charge is 0.441 e. The lowest BCUT2D eigenvalue weighted by Gasteiger charge is -2.21. The van der Waals surface area contributed by atoms with Gasteiger partial charge in [-0.15, -0.1) is 5.48 Å². The number of hydroxylamine groups is 1. The minimum Gasteiger partial charge on any atom is -0.442 e. The van der Waals surface area contributed by atoms with Crippen LogP contribution in [-0.4, -0.2) is 17.7 Å². The first-order valence-corrected chi connectivity index (χ1v) is 6.55. The average Bonchev–Trinajstić information content (AvgIpc) is 3.01. The number of rotatable bonds is 1. The van der Waals surface area contributed by atoms with Crippen molar-refractivity contribution in [2.24, 2.45) is 17.8 Å². The van der Waals surface area contributed by atoms with Crippen molar-refractivity contribution in [3.63, 3.8) is 0 Å². The first kappa shape index (κ1) is 13.2. The van der Waals surface area contributed by atoms with Crippen molar-refractivity contribution in [2.75, 3.05) is 0 Å². The Balaban J connectivity index is 1.69. The van der Waals surface area contributed by atoms with Gasteiger partial charge in [0.05, 0.1) is 5.92 Å². The second-order valence-electron chi connectivity index (χ2n) is 6.29. The summed E-state index contributed by atoms with van der Waals surface area (Å²) in [6.07, 6.45) is 3.41. The van der Waals surface area contributed by atoms with Crippen LogP contribution in [0.2, 0.25) is 0 Å². The van der Waals surface area contributed by atoms with Crippen LogP contribution in [0.3, 0.4) is 0 Å². The number of amides is 1. The molecule has 3 unspecified atom stereocenters. The van der Waals surface area contributed by atoms with E-state index in [1.807, 2.05) is 0 Å². The van der Waals surface area contributed by atoms with Gasteiger partial charge < -0.3 is 9.57 Å². The third-order valence-corrected chi connectivity index (χ3v) is 3.51. The fraction of sp³-hybridized carbons (Fsp3) is 0.846. The Morgan fingerprint density at radius 3 is 2.44 bits per heavy atom. The molecule has 18 heavy (non-hydrogen) atoms. The fourth-order valence-electron chi connectivity index (χ4n) is 2.54. The number of nitrogens with one attached hydrogen (secondary N) is 1. The summed E-state index contributed by atoms with van der Waals surface area (Å²) in [4.78, 5) is 27.8. The summed E-state index contributed by atoms with van der Waals surface area (Å²) in [7, 11) is 0. The molecule has 1 amide bonds. The molecular formula is C13H21NO4. The molecule has 3 atom stereocenters. The summed E-state index contributed by atoms with van der Waals surface area (Å²) >= 11 is 0. The molecule has 0 aliphatic heterocycles. The van der Waals surface area contributed by atoms with Crippen molar-refractivity contribution in [3.8, 4) is 0 Å². The van der Waals surface area contributed by atoms with Gasteiger partial charge in [-0.05, 0) is 58.3 Å². The molecule has 1 N–H and O–H groups in total. The SMILES string of the molecule is CC(C)(C)OC(=O)NOC(=O)C1CCC2CC2C1.